The van der Waals surface area contributed by atoms with Crippen molar-refractivity contribution in [3.63, 3.8) is 0 Å². The highest BCUT2D eigenvalue weighted by Crippen LogP contribution is 2.25. The summed E-state index contributed by atoms with van der Waals surface area (Å²) in [4.78, 5) is 37.3. The average molecular weight is 431 g/mol. The highest BCUT2D eigenvalue weighted by molar-refractivity contribution is 6.31. The molecule has 0 aromatic heterocycles. The molecule has 1 fully saturated rings. The molecule has 1 saturated heterocycles. The fourth-order valence-corrected chi connectivity index (χ4v) is 3.11. The van der Waals surface area contributed by atoms with Gasteiger partial charge in [0.25, 0.3) is 17.7 Å². The van der Waals surface area contributed by atoms with Gasteiger partial charge < -0.3 is 10.1 Å². The summed E-state index contributed by atoms with van der Waals surface area (Å²) in [6, 6.07) is 20.9. The minimum absolute atomic E-state index is 0.0610. The van der Waals surface area contributed by atoms with Gasteiger partial charge >= 0.3 is 0 Å². The normalized spacial score (nSPS) is 14.4. The first-order valence-corrected chi connectivity index (χ1v) is 9.71. The van der Waals surface area contributed by atoms with Crippen LogP contribution >= 0.6 is 0 Å². The van der Waals surface area contributed by atoms with Gasteiger partial charge in [-0.25, -0.2) is 9.40 Å². The molecule has 3 aromatic rings. The number of carbonyl (C=O) groups is 3. The minimum Gasteiger partial charge on any atom is -0.483 e. The number of anilines is 2. The van der Waals surface area contributed by atoms with Gasteiger partial charge in [0, 0.05) is 11.3 Å². The van der Waals surface area contributed by atoms with E-state index >= 15 is 0 Å². The molecule has 1 aliphatic heterocycles. The topological polar surface area (TPSA) is 87.7 Å². The lowest BCUT2D eigenvalue weighted by Crippen LogP contribution is -2.35. The molecule has 0 saturated carbocycles. The fraction of sp³-hybridized carbons (Fsp3) is 0.0417. The Morgan fingerprint density at radius 3 is 2.53 bits per heavy atom. The number of carbonyl (C=O) groups excluding carboxylic acids is 3. The van der Waals surface area contributed by atoms with Gasteiger partial charge in [-0.1, -0.05) is 42.5 Å². The van der Waals surface area contributed by atoms with Gasteiger partial charge in [0.1, 0.15) is 17.1 Å². The number of hydrogen-bond donors (Lipinski definition) is 2. The summed E-state index contributed by atoms with van der Waals surface area (Å²) in [5.41, 5.74) is 3.77. The zero-order valence-corrected chi connectivity index (χ0v) is 16.7. The number of nitrogens with one attached hydrogen (secondary N) is 2. The van der Waals surface area contributed by atoms with Crippen LogP contribution in [-0.2, 0) is 14.4 Å². The molecule has 160 valence electrons. The van der Waals surface area contributed by atoms with E-state index in [4.69, 9.17) is 4.74 Å². The predicted molar refractivity (Wildman–Crippen MR) is 117 cm³/mol. The Bertz CT molecular complexity index is 1210. The van der Waals surface area contributed by atoms with Crippen LogP contribution < -0.4 is 20.5 Å². The number of rotatable bonds is 6. The molecule has 4 rings (SSSR count). The fourth-order valence-electron chi connectivity index (χ4n) is 3.11. The molecule has 1 aliphatic rings. The molecular weight excluding hydrogens is 413 g/mol. The average Bonchev–Trinajstić information content (AvgIpc) is 3.07. The van der Waals surface area contributed by atoms with E-state index in [0.717, 1.165) is 0 Å². The van der Waals surface area contributed by atoms with Gasteiger partial charge in [0.15, 0.2) is 6.61 Å². The third kappa shape index (κ3) is 4.65. The Morgan fingerprint density at radius 1 is 1.00 bits per heavy atom. The molecular formula is C24H18FN3O4. The van der Waals surface area contributed by atoms with E-state index in [1.54, 1.807) is 60.7 Å². The minimum atomic E-state index is -0.544. The van der Waals surface area contributed by atoms with E-state index in [1.165, 1.54) is 29.3 Å². The van der Waals surface area contributed by atoms with Crippen LogP contribution in [0.2, 0.25) is 0 Å². The third-order valence-corrected chi connectivity index (χ3v) is 4.59. The summed E-state index contributed by atoms with van der Waals surface area (Å²) >= 11 is 0. The number of amides is 3. The molecule has 0 atom stereocenters. The van der Waals surface area contributed by atoms with Gasteiger partial charge in [-0.3, -0.25) is 19.8 Å². The Kier molecular flexibility index (Phi) is 5.94. The molecule has 0 unspecified atom stereocenters. The SMILES string of the molecule is O=C(COc1ccccc1/C=C1/C(=O)NN(c2ccccc2)C1=O)Nc1cccc(F)c1. The molecule has 3 aromatic carbocycles. The summed E-state index contributed by atoms with van der Waals surface area (Å²) in [5, 5.41) is 3.71. The molecule has 0 spiro atoms. The van der Waals surface area contributed by atoms with Crippen molar-refractivity contribution >= 4 is 35.2 Å². The van der Waals surface area contributed by atoms with Crippen molar-refractivity contribution in [3.05, 3.63) is 95.8 Å². The Morgan fingerprint density at radius 2 is 1.75 bits per heavy atom. The van der Waals surface area contributed by atoms with Crippen molar-refractivity contribution in [3.8, 4) is 5.75 Å². The second-order valence-corrected chi connectivity index (χ2v) is 6.86. The number of para-hydroxylation sites is 2. The smallest absolute Gasteiger partial charge is 0.282 e. The van der Waals surface area contributed by atoms with Crippen LogP contribution in [0.25, 0.3) is 6.08 Å². The molecule has 8 heteroatoms. The van der Waals surface area contributed by atoms with Crippen molar-refractivity contribution in [2.45, 2.75) is 0 Å². The van der Waals surface area contributed by atoms with Crippen LogP contribution in [0, 0.1) is 5.82 Å². The standard InChI is InChI=1S/C24H18FN3O4/c25-17-8-6-9-18(14-17)26-22(29)15-32-21-12-5-4-7-16(21)13-20-23(30)27-28(24(20)31)19-10-2-1-3-11-19/h1-14H,15H2,(H,26,29)(H,27,30)/b20-13-. The lowest BCUT2D eigenvalue weighted by atomic mass is 10.1. The van der Waals surface area contributed by atoms with E-state index < -0.39 is 23.5 Å². The molecule has 7 nitrogen and oxygen atoms in total. The molecule has 0 radical (unpaired) electrons. The van der Waals surface area contributed by atoms with E-state index in [9.17, 15) is 18.8 Å². The van der Waals surface area contributed by atoms with Crippen LogP contribution in [0.15, 0.2) is 84.4 Å². The second kappa shape index (κ2) is 9.13. The van der Waals surface area contributed by atoms with E-state index in [1.807, 2.05) is 0 Å². The lowest BCUT2D eigenvalue weighted by Gasteiger charge is -2.14. The lowest BCUT2D eigenvalue weighted by molar-refractivity contribution is -0.118. The highest BCUT2D eigenvalue weighted by atomic mass is 19.1. The first-order valence-electron chi connectivity index (χ1n) is 9.71. The first kappa shape index (κ1) is 20.8. The maximum absolute atomic E-state index is 13.3. The Balaban J connectivity index is 1.48. The number of hydrazine groups is 1. The van der Waals surface area contributed by atoms with E-state index in [0.29, 0.717) is 22.7 Å². The largest absolute Gasteiger partial charge is 0.483 e. The molecule has 2 N–H and O–H groups in total. The highest BCUT2D eigenvalue weighted by Gasteiger charge is 2.34. The summed E-state index contributed by atoms with van der Waals surface area (Å²) in [7, 11) is 0. The summed E-state index contributed by atoms with van der Waals surface area (Å²) in [5.74, 6) is -1.68. The van der Waals surface area contributed by atoms with Crippen molar-refractivity contribution in [2.75, 3.05) is 16.9 Å². The van der Waals surface area contributed by atoms with Gasteiger partial charge in [0.2, 0.25) is 0 Å². The number of hydrogen-bond acceptors (Lipinski definition) is 4. The zero-order valence-electron chi connectivity index (χ0n) is 16.7. The Hall–Kier alpha value is -4.46. The van der Waals surface area contributed by atoms with Gasteiger partial charge in [-0.2, -0.15) is 0 Å². The molecule has 0 aliphatic carbocycles. The molecule has 32 heavy (non-hydrogen) atoms. The van der Waals surface area contributed by atoms with Crippen LogP contribution in [0.3, 0.4) is 0 Å². The maximum Gasteiger partial charge on any atom is 0.282 e. The van der Waals surface area contributed by atoms with Gasteiger partial charge in [-0.15, -0.1) is 0 Å². The van der Waals surface area contributed by atoms with Gasteiger partial charge in [0.05, 0.1) is 5.69 Å². The maximum atomic E-state index is 13.3. The second-order valence-electron chi connectivity index (χ2n) is 6.86. The van der Waals surface area contributed by atoms with Crippen LogP contribution in [0.1, 0.15) is 5.56 Å². The summed E-state index contributed by atoms with van der Waals surface area (Å²) in [6.07, 6.45) is 1.42. The molecule has 3 amide bonds. The van der Waals surface area contributed by atoms with Crippen molar-refractivity contribution in [1.29, 1.82) is 0 Å². The van der Waals surface area contributed by atoms with E-state index in [2.05, 4.69) is 10.7 Å². The Labute approximate surface area is 183 Å². The van der Waals surface area contributed by atoms with Crippen molar-refractivity contribution in [1.82, 2.24) is 5.43 Å². The first-order chi connectivity index (χ1) is 15.5. The van der Waals surface area contributed by atoms with Crippen molar-refractivity contribution in [2.24, 2.45) is 0 Å². The third-order valence-electron chi connectivity index (χ3n) is 4.59. The van der Waals surface area contributed by atoms with Crippen molar-refractivity contribution < 1.29 is 23.5 Å². The number of benzene rings is 3. The molecule has 1 heterocycles. The molecule has 0 bridgehead atoms. The summed E-state index contributed by atoms with van der Waals surface area (Å²) < 4.78 is 18.8. The van der Waals surface area contributed by atoms with Crippen LogP contribution in [-0.4, -0.2) is 24.3 Å². The quantitative estimate of drug-likeness (QED) is 0.463. The summed E-state index contributed by atoms with van der Waals surface area (Å²) in [6.45, 7) is -0.340. The van der Waals surface area contributed by atoms with Gasteiger partial charge in [-0.05, 0) is 42.5 Å². The predicted octanol–water partition coefficient (Wildman–Crippen LogP) is 3.30. The monoisotopic (exact) mass is 431 g/mol. The van der Waals surface area contributed by atoms with Crippen LogP contribution in [0.4, 0.5) is 15.8 Å². The number of halogens is 1. The zero-order chi connectivity index (χ0) is 22.5. The number of nitrogens with zero attached hydrogens (tertiary/aromatic N) is 1. The van der Waals surface area contributed by atoms with E-state index in [-0.39, 0.29) is 12.2 Å². The number of ether oxygens (including phenoxy) is 1. The van der Waals surface area contributed by atoms with Crippen LogP contribution in [0.5, 0.6) is 5.75 Å².